The van der Waals surface area contributed by atoms with Crippen molar-refractivity contribution in [2.24, 2.45) is 0 Å². The van der Waals surface area contributed by atoms with Crippen LogP contribution in [0.15, 0.2) is 30.3 Å². The largest absolute Gasteiger partial charge is 0.451 e. The summed E-state index contributed by atoms with van der Waals surface area (Å²) in [6.07, 6.45) is 0. The predicted octanol–water partition coefficient (Wildman–Crippen LogP) is 0.965. The van der Waals surface area contributed by atoms with Crippen molar-refractivity contribution in [3.63, 3.8) is 0 Å². The van der Waals surface area contributed by atoms with Crippen LogP contribution in [0.1, 0.15) is 24.3 Å². The molecule has 23 heavy (non-hydrogen) atoms. The molecule has 0 aliphatic rings. The molecule has 0 spiro atoms. The topological polar surface area (TPSA) is 100 Å². The molecule has 2 aromatic rings. The molecular weight excluding hydrogens is 298 g/mol. The zero-order valence-electron chi connectivity index (χ0n) is 13.0. The Morgan fingerprint density at radius 3 is 2.61 bits per heavy atom. The van der Waals surface area contributed by atoms with Crippen molar-refractivity contribution in [1.82, 2.24) is 15.6 Å². The summed E-state index contributed by atoms with van der Waals surface area (Å²) in [5, 5.41) is 5.90. The van der Waals surface area contributed by atoms with E-state index in [1.165, 1.54) is 0 Å². The quantitative estimate of drug-likeness (QED) is 0.691. The molecule has 1 aromatic heterocycles. The van der Waals surface area contributed by atoms with Gasteiger partial charge in [0.15, 0.2) is 6.61 Å². The van der Waals surface area contributed by atoms with Gasteiger partial charge in [-0.25, -0.2) is 4.79 Å². The van der Waals surface area contributed by atoms with Crippen molar-refractivity contribution in [1.29, 1.82) is 0 Å². The smallest absolute Gasteiger partial charge is 0.355 e. The average molecular weight is 317 g/mol. The van der Waals surface area contributed by atoms with Crippen molar-refractivity contribution in [3.05, 3.63) is 36.0 Å². The molecule has 2 amide bonds. The lowest BCUT2D eigenvalue weighted by molar-refractivity contribution is -0.128. The molecule has 0 bridgehead atoms. The molecule has 3 N–H and O–H groups in total. The highest BCUT2D eigenvalue weighted by Gasteiger charge is 2.13. The van der Waals surface area contributed by atoms with Crippen molar-refractivity contribution >= 4 is 28.7 Å². The van der Waals surface area contributed by atoms with Gasteiger partial charge in [0, 0.05) is 16.9 Å². The number of ether oxygens (including phenoxy) is 1. The van der Waals surface area contributed by atoms with E-state index in [1.54, 1.807) is 6.07 Å². The van der Waals surface area contributed by atoms with Gasteiger partial charge in [-0.1, -0.05) is 18.2 Å². The fourth-order valence-electron chi connectivity index (χ4n) is 2.00. The van der Waals surface area contributed by atoms with Gasteiger partial charge in [-0.05, 0) is 26.0 Å². The highest BCUT2D eigenvalue weighted by Crippen LogP contribution is 2.15. The third kappa shape index (κ3) is 4.84. The van der Waals surface area contributed by atoms with Crippen LogP contribution in [0.4, 0.5) is 0 Å². The van der Waals surface area contributed by atoms with Crippen molar-refractivity contribution in [2.45, 2.75) is 19.9 Å². The number of carbonyl (C=O) groups excluding carboxylic acids is 3. The summed E-state index contributed by atoms with van der Waals surface area (Å²) in [6, 6.07) is 9.07. The number of para-hydroxylation sites is 1. The summed E-state index contributed by atoms with van der Waals surface area (Å²) in [5.74, 6) is -1.45. The van der Waals surface area contributed by atoms with Gasteiger partial charge in [-0.2, -0.15) is 0 Å². The van der Waals surface area contributed by atoms with Gasteiger partial charge in [0.25, 0.3) is 5.91 Å². The van der Waals surface area contributed by atoms with Gasteiger partial charge in [0.2, 0.25) is 5.91 Å². The number of benzene rings is 1. The Hall–Kier alpha value is -2.83. The van der Waals surface area contributed by atoms with Crippen molar-refractivity contribution in [2.75, 3.05) is 13.2 Å². The van der Waals surface area contributed by atoms with Crippen molar-refractivity contribution in [3.8, 4) is 0 Å². The number of hydrogen-bond acceptors (Lipinski definition) is 4. The number of aromatic amines is 1. The van der Waals surface area contributed by atoms with Crippen LogP contribution in [-0.2, 0) is 14.3 Å². The summed E-state index contributed by atoms with van der Waals surface area (Å²) in [6.45, 7) is 3.05. The number of fused-ring (bicyclic) bond motifs is 1. The maximum absolute atomic E-state index is 11.9. The van der Waals surface area contributed by atoms with Crippen LogP contribution in [0.5, 0.6) is 0 Å². The molecule has 7 nitrogen and oxygen atoms in total. The van der Waals surface area contributed by atoms with E-state index in [2.05, 4.69) is 15.6 Å². The lowest BCUT2D eigenvalue weighted by atomic mass is 10.2. The van der Waals surface area contributed by atoms with Gasteiger partial charge >= 0.3 is 5.97 Å². The molecule has 1 heterocycles. The van der Waals surface area contributed by atoms with Crippen LogP contribution in [0.2, 0.25) is 0 Å². The van der Waals surface area contributed by atoms with E-state index in [0.29, 0.717) is 0 Å². The summed E-state index contributed by atoms with van der Waals surface area (Å²) in [7, 11) is 0. The highest BCUT2D eigenvalue weighted by molar-refractivity contribution is 5.96. The minimum Gasteiger partial charge on any atom is -0.451 e. The Bertz CT molecular complexity index is 688. The molecule has 0 aliphatic carbocycles. The SMILES string of the molecule is CC(C)NC(=O)CNC(=O)COC(=O)c1cc2ccccc2[nH]1. The van der Waals surface area contributed by atoms with Gasteiger partial charge in [0.1, 0.15) is 5.69 Å². The average Bonchev–Trinajstić information content (AvgIpc) is 2.94. The van der Waals surface area contributed by atoms with Gasteiger partial charge in [-0.3, -0.25) is 9.59 Å². The molecule has 0 radical (unpaired) electrons. The highest BCUT2D eigenvalue weighted by atomic mass is 16.5. The monoisotopic (exact) mass is 317 g/mol. The Morgan fingerprint density at radius 2 is 1.91 bits per heavy atom. The van der Waals surface area contributed by atoms with Crippen LogP contribution in [0.3, 0.4) is 0 Å². The standard InChI is InChI=1S/C16H19N3O4/c1-10(2)18-14(20)8-17-15(21)9-23-16(22)13-7-11-5-3-4-6-12(11)19-13/h3-7,10,19H,8-9H2,1-2H3,(H,17,21)(H,18,20). The summed E-state index contributed by atoms with van der Waals surface area (Å²) in [5.41, 5.74) is 1.09. The van der Waals surface area contributed by atoms with E-state index >= 15 is 0 Å². The third-order valence-corrected chi connectivity index (χ3v) is 2.98. The summed E-state index contributed by atoms with van der Waals surface area (Å²) in [4.78, 5) is 37.8. The maximum atomic E-state index is 11.9. The lowest BCUT2D eigenvalue weighted by Crippen LogP contribution is -2.41. The van der Waals surface area contributed by atoms with Gasteiger partial charge in [0.05, 0.1) is 6.54 Å². The normalized spacial score (nSPS) is 10.6. The van der Waals surface area contributed by atoms with E-state index in [0.717, 1.165) is 10.9 Å². The van der Waals surface area contributed by atoms with Crippen LogP contribution < -0.4 is 10.6 Å². The van der Waals surface area contributed by atoms with Crippen LogP contribution in [-0.4, -0.2) is 42.0 Å². The number of H-pyrrole nitrogens is 1. The molecule has 122 valence electrons. The first-order chi connectivity index (χ1) is 11.0. The van der Waals surface area contributed by atoms with E-state index in [-0.39, 0.29) is 24.2 Å². The van der Waals surface area contributed by atoms with E-state index in [1.807, 2.05) is 38.1 Å². The minimum atomic E-state index is -0.622. The number of amides is 2. The lowest BCUT2D eigenvalue weighted by Gasteiger charge is -2.09. The zero-order valence-corrected chi connectivity index (χ0v) is 13.0. The van der Waals surface area contributed by atoms with E-state index in [9.17, 15) is 14.4 Å². The molecule has 0 unspecified atom stereocenters. The Labute approximate surface area is 133 Å². The molecule has 0 fully saturated rings. The number of aromatic nitrogens is 1. The van der Waals surface area contributed by atoms with E-state index < -0.39 is 18.5 Å². The second kappa shape index (κ2) is 7.44. The number of esters is 1. The van der Waals surface area contributed by atoms with Crippen molar-refractivity contribution < 1.29 is 19.1 Å². The van der Waals surface area contributed by atoms with Gasteiger partial charge in [-0.15, -0.1) is 0 Å². The molecule has 7 heteroatoms. The first-order valence-corrected chi connectivity index (χ1v) is 7.26. The first kappa shape index (κ1) is 16.5. The third-order valence-electron chi connectivity index (χ3n) is 2.98. The zero-order chi connectivity index (χ0) is 16.8. The van der Waals surface area contributed by atoms with Crippen LogP contribution in [0, 0.1) is 0 Å². The number of rotatable bonds is 6. The predicted molar refractivity (Wildman–Crippen MR) is 84.9 cm³/mol. The van der Waals surface area contributed by atoms with Crippen LogP contribution in [0.25, 0.3) is 10.9 Å². The summed E-state index contributed by atoms with van der Waals surface area (Å²) >= 11 is 0. The van der Waals surface area contributed by atoms with E-state index in [4.69, 9.17) is 4.74 Å². The Morgan fingerprint density at radius 1 is 1.17 bits per heavy atom. The second-order valence-electron chi connectivity index (χ2n) is 5.35. The fourth-order valence-corrected chi connectivity index (χ4v) is 2.00. The molecule has 0 atom stereocenters. The summed E-state index contributed by atoms with van der Waals surface area (Å²) < 4.78 is 4.92. The maximum Gasteiger partial charge on any atom is 0.355 e. The molecular formula is C16H19N3O4. The molecule has 1 aromatic carbocycles. The Kier molecular flexibility index (Phi) is 5.35. The first-order valence-electron chi connectivity index (χ1n) is 7.26. The van der Waals surface area contributed by atoms with Crippen LogP contribution >= 0.6 is 0 Å². The number of nitrogens with one attached hydrogen (secondary N) is 3. The number of hydrogen-bond donors (Lipinski definition) is 3. The fraction of sp³-hybridized carbons (Fsp3) is 0.312. The molecule has 0 aliphatic heterocycles. The molecule has 0 saturated carbocycles. The number of carbonyl (C=O) groups is 3. The minimum absolute atomic E-state index is 0.000703. The Balaban J connectivity index is 1.79. The molecule has 2 rings (SSSR count). The second-order valence-corrected chi connectivity index (χ2v) is 5.35. The van der Waals surface area contributed by atoms with Gasteiger partial charge < -0.3 is 20.4 Å². The molecule has 0 saturated heterocycles.